The SMILES string of the molecule is CSc1ccc(CN(C)CC(=O)Nc2ccccc2C(C)=O)cc1. The highest BCUT2D eigenvalue weighted by atomic mass is 32.2. The number of Topliss-reactive ketones (excluding diaryl/α,β-unsaturated/α-hetero) is 1. The number of anilines is 1. The maximum absolute atomic E-state index is 12.2. The highest BCUT2D eigenvalue weighted by Gasteiger charge is 2.11. The zero-order chi connectivity index (χ0) is 17.5. The smallest absolute Gasteiger partial charge is 0.238 e. The molecule has 0 aliphatic rings. The van der Waals surface area contributed by atoms with Crippen molar-refractivity contribution in [3.05, 3.63) is 59.7 Å². The number of amides is 1. The Hall–Kier alpha value is -2.11. The van der Waals surface area contributed by atoms with Gasteiger partial charge in [0, 0.05) is 17.0 Å². The van der Waals surface area contributed by atoms with Crippen molar-refractivity contribution in [2.24, 2.45) is 0 Å². The van der Waals surface area contributed by atoms with Crippen LogP contribution in [0.25, 0.3) is 0 Å². The van der Waals surface area contributed by atoms with Gasteiger partial charge in [-0.05, 0) is 50.1 Å². The number of thioether (sulfide) groups is 1. The van der Waals surface area contributed by atoms with Crippen LogP contribution in [0.4, 0.5) is 5.69 Å². The summed E-state index contributed by atoms with van der Waals surface area (Å²) in [5.41, 5.74) is 2.25. The summed E-state index contributed by atoms with van der Waals surface area (Å²) in [5.74, 6) is -0.194. The number of benzene rings is 2. The summed E-state index contributed by atoms with van der Waals surface area (Å²) in [4.78, 5) is 27.0. The predicted octanol–water partition coefficient (Wildman–Crippen LogP) is 3.68. The number of carbonyl (C=O) groups excluding carboxylic acids is 2. The molecule has 0 spiro atoms. The highest BCUT2D eigenvalue weighted by molar-refractivity contribution is 7.98. The molecule has 0 saturated heterocycles. The highest BCUT2D eigenvalue weighted by Crippen LogP contribution is 2.17. The average Bonchev–Trinajstić information content (AvgIpc) is 2.55. The van der Waals surface area contributed by atoms with Gasteiger partial charge >= 0.3 is 0 Å². The van der Waals surface area contributed by atoms with Crippen molar-refractivity contribution in [3.63, 3.8) is 0 Å². The fourth-order valence-electron chi connectivity index (χ4n) is 2.43. The van der Waals surface area contributed by atoms with E-state index in [0.717, 1.165) is 5.56 Å². The fraction of sp³-hybridized carbons (Fsp3) is 0.263. The number of carbonyl (C=O) groups is 2. The van der Waals surface area contributed by atoms with E-state index < -0.39 is 0 Å². The van der Waals surface area contributed by atoms with E-state index in [0.29, 0.717) is 17.8 Å². The van der Waals surface area contributed by atoms with Gasteiger partial charge in [0.25, 0.3) is 0 Å². The number of hydrogen-bond acceptors (Lipinski definition) is 4. The van der Waals surface area contributed by atoms with E-state index in [1.54, 1.807) is 36.0 Å². The van der Waals surface area contributed by atoms with Gasteiger partial charge in [-0.1, -0.05) is 24.3 Å². The van der Waals surface area contributed by atoms with Crippen molar-refractivity contribution < 1.29 is 9.59 Å². The maximum atomic E-state index is 12.2. The topological polar surface area (TPSA) is 49.4 Å². The Morgan fingerprint density at radius 2 is 1.75 bits per heavy atom. The lowest BCUT2D eigenvalue weighted by atomic mass is 10.1. The van der Waals surface area contributed by atoms with Gasteiger partial charge in [-0.3, -0.25) is 14.5 Å². The number of nitrogens with zero attached hydrogens (tertiary/aromatic N) is 1. The molecule has 0 saturated carbocycles. The number of ketones is 1. The Balaban J connectivity index is 1.93. The van der Waals surface area contributed by atoms with Gasteiger partial charge in [-0.2, -0.15) is 0 Å². The molecular weight excluding hydrogens is 320 g/mol. The molecule has 0 fully saturated rings. The van der Waals surface area contributed by atoms with Crippen LogP contribution < -0.4 is 5.32 Å². The zero-order valence-electron chi connectivity index (χ0n) is 14.2. The van der Waals surface area contributed by atoms with E-state index in [4.69, 9.17) is 0 Å². The average molecular weight is 342 g/mol. The largest absolute Gasteiger partial charge is 0.324 e. The van der Waals surface area contributed by atoms with Crippen LogP contribution in [0.15, 0.2) is 53.4 Å². The lowest BCUT2D eigenvalue weighted by molar-refractivity contribution is -0.117. The fourth-order valence-corrected chi connectivity index (χ4v) is 2.84. The Labute approximate surface area is 147 Å². The van der Waals surface area contributed by atoms with Gasteiger partial charge in [0.05, 0.1) is 12.2 Å². The third-order valence-corrected chi connectivity index (χ3v) is 4.35. The van der Waals surface area contributed by atoms with E-state index in [-0.39, 0.29) is 18.2 Å². The minimum absolute atomic E-state index is 0.0619. The van der Waals surface area contributed by atoms with Crippen molar-refractivity contribution in [1.82, 2.24) is 4.90 Å². The van der Waals surface area contributed by atoms with E-state index in [1.165, 1.54) is 11.8 Å². The Bertz CT molecular complexity index is 714. The van der Waals surface area contributed by atoms with Gasteiger partial charge in [-0.25, -0.2) is 0 Å². The second kappa shape index (κ2) is 8.66. The van der Waals surface area contributed by atoms with Crippen molar-refractivity contribution in [3.8, 4) is 0 Å². The van der Waals surface area contributed by atoms with Crippen LogP contribution in [0.1, 0.15) is 22.8 Å². The molecule has 0 radical (unpaired) electrons. The third kappa shape index (κ3) is 5.22. The van der Waals surface area contributed by atoms with Crippen LogP contribution in [-0.2, 0) is 11.3 Å². The molecule has 5 heteroatoms. The minimum atomic E-state index is -0.132. The maximum Gasteiger partial charge on any atom is 0.238 e. The second-order valence-corrected chi connectivity index (χ2v) is 6.55. The van der Waals surface area contributed by atoms with Crippen LogP contribution in [-0.4, -0.2) is 36.4 Å². The molecule has 126 valence electrons. The van der Waals surface area contributed by atoms with E-state index >= 15 is 0 Å². The van der Waals surface area contributed by atoms with Crippen molar-refractivity contribution >= 4 is 29.1 Å². The molecule has 0 aromatic heterocycles. The first-order valence-corrected chi connectivity index (χ1v) is 8.93. The summed E-state index contributed by atoms with van der Waals surface area (Å²) in [6.45, 7) is 2.45. The van der Waals surface area contributed by atoms with E-state index in [2.05, 4.69) is 29.6 Å². The van der Waals surface area contributed by atoms with Crippen LogP contribution in [0.5, 0.6) is 0 Å². The molecule has 0 unspecified atom stereocenters. The van der Waals surface area contributed by atoms with Gasteiger partial charge in [0.2, 0.25) is 5.91 Å². The van der Waals surface area contributed by atoms with Crippen LogP contribution in [0.2, 0.25) is 0 Å². The van der Waals surface area contributed by atoms with Crippen molar-refractivity contribution in [2.45, 2.75) is 18.4 Å². The van der Waals surface area contributed by atoms with E-state index in [1.807, 2.05) is 18.2 Å². The molecule has 0 atom stereocenters. The number of para-hydroxylation sites is 1. The Morgan fingerprint density at radius 1 is 1.08 bits per heavy atom. The molecule has 2 rings (SSSR count). The molecule has 0 aliphatic heterocycles. The monoisotopic (exact) mass is 342 g/mol. The quantitative estimate of drug-likeness (QED) is 0.616. The lowest BCUT2D eigenvalue weighted by Crippen LogP contribution is -2.30. The van der Waals surface area contributed by atoms with Gasteiger partial charge in [0.15, 0.2) is 5.78 Å². The van der Waals surface area contributed by atoms with Crippen LogP contribution >= 0.6 is 11.8 Å². The van der Waals surface area contributed by atoms with Gasteiger partial charge < -0.3 is 5.32 Å². The van der Waals surface area contributed by atoms with Crippen molar-refractivity contribution in [2.75, 3.05) is 25.2 Å². The van der Waals surface area contributed by atoms with Gasteiger partial charge in [-0.15, -0.1) is 11.8 Å². The van der Waals surface area contributed by atoms with Crippen LogP contribution in [0.3, 0.4) is 0 Å². The summed E-state index contributed by atoms with van der Waals surface area (Å²) in [6, 6.07) is 15.4. The summed E-state index contributed by atoms with van der Waals surface area (Å²) in [5, 5.41) is 2.82. The number of rotatable bonds is 7. The van der Waals surface area contributed by atoms with Gasteiger partial charge in [0.1, 0.15) is 0 Å². The molecule has 0 bridgehead atoms. The molecule has 4 nitrogen and oxygen atoms in total. The first-order chi connectivity index (χ1) is 11.5. The summed E-state index contributed by atoms with van der Waals surface area (Å²) >= 11 is 1.71. The first-order valence-electron chi connectivity index (χ1n) is 7.71. The second-order valence-electron chi connectivity index (χ2n) is 5.67. The molecule has 1 amide bonds. The molecule has 24 heavy (non-hydrogen) atoms. The molecule has 0 heterocycles. The number of likely N-dealkylation sites (N-methyl/N-ethyl adjacent to an activating group) is 1. The minimum Gasteiger partial charge on any atom is -0.324 e. The first kappa shape index (κ1) is 18.2. The molecular formula is C19H22N2O2S. The van der Waals surface area contributed by atoms with Crippen molar-refractivity contribution in [1.29, 1.82) is 0 Å². The summed E-state index contributed by atoms with van der Waals surface area (Å²) < 4.78 is 0. The Morgan fingerprint density at radius 3 is 2.38 bits per heavy atom. The Kier molecular flexibility index (Phi) is 6.58. The van der Waals surface area contributed by atoms with E-state index in [9.17, 15) is 9.59 Å². The third-order valence-electron chi connectivity index (χ3n) is 3.61. The molecule has 2 aromatic rings. The zero-order valence-corrected chi connectivity index (χ0v) is 15.0. The predicted molar refractivity (Wildman–Crippen MR) is 99.6 cm³/mol. The summed E-state index contributed by atoms with van der Waals surface area (Å²) in [7, 11) is 1.90. The molecule has 2 aromatic carbocycles. The summed E-state index contributed by atoms with van der Waals surface area (Å²) in [6.07, 6.45) is 2.05. The number of nitrogens with one attached hydrogen (secondary N) is 1. The molecule has 1 N–H and O–H groups in total. The molecule has 0 aliphatic carbocycles. The lowest BCUT2D eigenvalue weighted by Gasteiger charge is -2.17. The number of hydrogen-bond donors (Lipinski definition) is 1. The normalized spacial score (nSPS) is 10.7. The van der Waals surface area contributed by atoms with Crippen LogP contribution in [0, 0.1) is 0 Å². The standard InChI is InChI=1S/C19H22N2O2S/c1-14(22)17-6-4-5-7-18(17)20-19(23)13-21(2)12-15-8-10-16(24-3)11-9-15/h4-11H,12-13H2,1-3H3,(H,20,23).